The van der Waals surface area contributed by atoms with Gasteiger partial charge in [-0.05, 0) is 36.4 Å². The van der Waals surface area contributed by atoms with E-state index in [0.717, 1.165) is 12.3 Å². The van der Waals surface area contributed by atoms with Crippen molar-refractivity contribution >= 4 is 21.2 Å². The standard InChI is InChI=1S/C14H10F2N2O2S/c1-21(19,20)11-5-3-10(4-6-11)18-12-7-2-9(8-17)13(15)14(12)16/h2-7,18H,1H3. The van der Waals surface area contributed by atoms with E-state index in [1.54, 1.807) is 6.07 Å². The first-order valence-corrected chi connectivity index (χ1v) is 7.67. The maximum absolute atomic E-state index is 13.7. The number of hydrogen-bond donors (Lipinski definition) is 1. The van der Waals surface area contributed by atoms with Gasteiger partial charge in [0.25, 0.3) is 0 Å². The minimum absolute atomic E-state index is 0.125. The quantitative estimate of drug-likeness (QED) is 0.946. The smallest absolute Gasteiger partial charge is 0.183 e. The zero-order valence-electron chi connectivity index (χ0n) is 10.9. The maximum atomic E-state index is 13.7. The zero-order valence-corrected chi connectivity index (χ0v) is 11.7. The van der Waals surface area contributed by atoms with E-state index in [1.807, 2.05) is 0 Å². The lowest BCUT2D eigenvalue weighted by atomic mass is 10.2. The van der Waals surface area contributed by atoms with E-state index in [2.05, 4.69) is 5.32 Å². The Hall–Kier alpha value is -2.46. The number of nitrogens with zero attached hydrogens (tertiary/aromatic N) is 1. The van der Waals surface area contributed by atoms with Crippen molar-refractivity contribution < 1.29 is 17.2 Å². The molecule has 0 unspecified atom stereocenters. The second-order valence-corrected chi connectivity index (χ2v) is 6.34. The van der Waals surface area contributed by atoms with Gasteiger partial charge >= 0.3 is 0 Å². The van der Waals surface area contributed by atoms with Gasteiger partial charge in [-0.2, -0.15) is 5.26 Å². The van der Waals surface area contributed by atoms with Crippen LogP contribution in [0.4, 0.5) is 20.2 Å². The van der Waals surface area contributed by atoms with Gasteiger partial charge in [-0.15, -0.1) is 0 Å². The van der Waals surface area contributed by atoms with Crippen LogP contribution < -0.4 is 5.32 Å². The number of rotatable bonds is 3. The second-order valence-electron chi connectivity index (χ2n) is 4.32. The highest BCUT2D eigenvalue weighted by Crippen LogP contribution is 2.24. The normalized spacial score (nSPS) is 11.0. The molecule has 0 aliphatic carbocycles. The van der Waals surface area contributed by atoms with Crippen LogP contribution in [0.15, 0.2) is 41.3 Å². The Morgan fingerprint density at radius 2 is 1.67 bits per heavy atom. The molecule has 0 aliphatic heterocycles. The van der Waals surface area contributed by atoms with Gasteiger partial charge in [-0.1, -0.05) is 0 Å². The van der Waals surface area contributed by atoms with Crippen molar-refractivity contribution in [1.29, 1.82) is 5.26 Å². The van der Waals surface area contributed by atoms with Gasteiger partial charge in [0, 0.05) is 11.9 Å². The van der Waals surface area contributed by atoms with Gasteiger partial charge in [-0.25, -0.2) is 17.2 Å². The fourth-order valence-corrected chi connectivity index (χ4v) is 2.30. The largest absolute Gasteiger partial charge is 0.353 e. The number of nitriles is 1. The van der Waals surface area contributed by atoms with Crippen molar-refractivity contribution in [2.45, 2.75) is 4.90 Å². The molecular weight excluding hydrogens is 298 g/mol. The van der Waals surface area contributed by atoms with Crippen LogP contribution in [0.3, 0.4) is 0 Å². The van der Waals surface area contributed by atoms with Crippen LogP contribution in [0.2, 0.25) is 0 Å². The molecule has 21 heavy (non-hydrogen) atoms. The summed E-state index contributed by atoms with van der Waals surface area (Å²) < 4.78 is 49.8. The highest BCUT2D eigenvalue weighted by molar-refractivity contribution is 7.90. The molecule has 0 spiro atoms. The first-order valence-electron chi connectivity index (χ1n) is 5.78. The topological polar surface area (TPSA) is 70.0 Å². The molecule has 1 N–H and O–H groups in total. The van der Waals surface area contributed by atoms with E-state index in [4.69, 9.17) is 5.26 Å². The molecule has 0 aromatic heterocycles. The minimum Gasteiger partial charge on any atom is -0.353 e. The first kappa shape index (κ1) is 14.9. The number of sulfone groups is 1. The molecule has 2 rings (SSSR count). The number of halogens is 2. The fraction of sp³-hybridized carbons (Fsp3) is 0.0714. The lowest BCUT2D eigenvalue weighted by Crippen LogP contribution is -2.00. The molecule has 0 bridgehead atoms. The number of nitrogens with one attached hydrogen (secondary N) is 1. The molecule has 0 fully saturated rings. The molecule has 0 saturated heterocycles. The average Bonchev–Trinajstić information content (AvgIpc) is 2.44. The van der Waals surface area contributed by atoms with Crippen molar-refractivity contribution in [2.24, 2.45) is 0 Å². The highest BCUT2D eigenvalue weighted by Gasteiger charge is 2.13. The molecule has 0 atom stereocenters. The Kier molecular flexibility index (Phi) is 3.91. The zero-order chi connectivity index (χ0) is 15.6. The summed E-state index contributed by atoms with van der Waals surface area (Å²) in [5.41, 5.74) is -0.130. The van der Waals surface area contributed by atoms with Gasteiger partial charge in [0.15, 0.2) is 21.5 Å². The Labute approximate surface area is 120 Å². The van der Waals surface area contributed by atoms with E-state index in [1.165, 1.54) is 30.3 Å². The lowest BCUT2D eigenvalue weighted by molar-refractivity contribution is 0.509. The summed E-state index contributed by atoms with van der Waals surface area (Å²) in [6, 6.07) is 9.52. The van der Waals surface area contributed by atoms with Crippen LogP contribution in [-0.4, -0.2) is 14.7 Å². The Morgan fingerprint density at radius 1 is 1.05 bits per heavy atom. The van der Waals surface area contributed by atoms with Crippen LogP contribution in [0, 0.1) is 23.0 Å². The molecule has 108 valence electrons. The predicted molar refractivity (Wildman–Crippen MR) is 73.9 cm³/mol. The maximum Gasteiger partial charge on any atom is 0.183 e. The van der Waals surface area contributed by atoms with Crippen molar-refractivity contribution in [1.82, 2.24) is 0 Å². The van der Waals surface area contributed by atoms with Gasteiger partial charge in [-0.3, -0.25) is 0 Å². The number of anilines is 2. The van der Waals surface area contributed by atoms with Crippen molar-refractivity contribution in [2.75, 3.05) is 11.6 Å². The summed E-state index contributed by atoms with van der Waals surface area (Å²) in [7, 11) is -3.31. The first-order chi connectivity index (χ1) is 9.82. The monoisotopic (exact) mass is 308 g/mol. The van der Waals surface area contributed by atoms with Crippen LogP contribution >= 0.6 is 0 Å². The summed E-state index contributed by atoms with van der Waals surface area (Å²) >= 11 is 0. The van der Waals surface area contributed by atoms with Crippen LogP contribution in [-0.2, 0) is 9.84 Å². The summed E-state index contributed by atoms with van der Waals surface area (Å²) in [5.74, 6) is -2.39. The molecule has 7 heteroatoms. The van der Waals surface area contributed by atoms with Crippen LogP contribution in [0.25, 0.3) is 0 Å². The Bertz CT molecular complexity index is 825. The third-order valence-corrected chi connectivity index (χ3v) is 3.89. The highest BCUT2D eigenvalue weighted by atomic mass is 32.2. The SMILES string of the molecule is CS(=O)(=O)c1ccc(Nc2ccc(C#N)c(F)c2F)cc1. The second kappa shape index (κ2) is 5.50. The van der Waals surface area contributed by atoms with E-state index in [-0.39, 0.29) is 16.1 Å². The Morgan fingerprint density at radius 3 is 2.19 bits per heavy atom. The van der Waals surface area contributed by atoms with Crippen LogP contribution in [0.1, 0.15) is 5.56 Å². The molecule has 0 amide bonds. The molecular formula is C14H10F2N2O2S. The molecule has 0 aliphatic rings. The van der Waals surface area contributed by atoms with Crippen LogP contribution in [0.5, 0.6) is 0 Å². The minimum atomic E-state index is -3.31. The lowest BCUT2D eigenvalue weighted by Gasteiger charge is -2.09. The number of hydrogen-bond acceptors (Lipinski definition) is 4. The van der Waals surface area contributed by atoms with Gasteiger partial charge in [0.1, 0.15) is 6.07 Å². The molecule has 4 nitrogen and oxygen atoms in total. The van der Waals surface area contributed by atoms with Gasteiger partial charge in [0.05, 0.1) is 16.1 Å². The third kappa shape index (κ3) is 3.17. The Balaban J connectivity index is 2.31. The van der Waals surface area contributed by atoms with E-state index >= 15 is 0 Å². The molecule has 0 heterocycles. The average molecular weight is 308 g/mol. The van der Waals surface area contributed by atoms with Crippen molar-refractivity contribution in [3.63, 3.8) is 0 Å². The van der Waals surface area contributed by atoms with Gasteiger partial charge in [0.2, 0.25) is 0 Å². The molecule has 0 radical (unpaired) electrons. The van der Waals surface area contributed by atoms with Crippen molar-refractivity contribution in [3.8, 4) is 6.07 Å². The summed E-state index contributed by atoms with van der Waals surface area (Å²) in [6.45, 7) is 0. The van der Waals surface area contributed by atoms with E-state index in [0.29, 0.717) is 5.69 Å². The van der Waals surface area contributed by atoms with E-state index < -0.39 is 21.5 Å². The molecule has 2 aromatic carbocycles. The fourth-order valence-electron chi connectivity index (χ4n) is 1.67. The number of benzene rings is 2. The molecule has 2 aromatic rings. The third-order valence-electron chi connectivity index (χ3n) is 2.76. The molecule has 0 saturated carbocycles. The summed E-state index contributed by atoms with van der Waals surface area (Å²) in [6.07, 6.45) is 1.07. The van der Waals surface area contributed by atoms with E-state index in [9.17, 15) is 17.2 Å². The predicted octanol–water partition coefficient (Wildman–Crippen LogP) is 2.98. The summed E-state index contributed by atoms with van der Waals surface area (Å²) in [4.78, 5) is 0.125. The summed E-state index contributed by atoms with van der Waals surface area (Å²) in [5, 5.41) is 11.2. The van der Waals surface area contributed by atoms with Gasteiger partial charge < -0.3 is 5.32 Å². The van der Waals surface area contributed by atoms with Crippen molar-refractivity contribution in [3.05, 3.63) is 53.6 Å².